The Bertz CT molecular complexity index is 1120. The van der Waals surface area contributed by atoms with Gasteiger partial charge in [-0.2, -0.15) is 0 Å². The second-order valence-electron chi connectivity index (χ2n) is 15.5. The summed E-state index contributed by atoms with van der Waals surface area (Å²) in [6.07, 6.45) is 14.5. The van der Waals surface area contributed by atoms with Gasteiger partial charge in [-0.25, -0.2) is 0 Å². The predicted molar refractivity (Wildman–Crippen MR) is 167 cm³/mol. The lowest BCUT2D eigenvalue weighted by Gasteiger charge is -2.57. The summed E-state index contributed by atoms with van der Waals surface area (Å²) in [7, 11) is 0. The van der Waals surface area contributed by atoms with Crippen LogP contribution in [0.3, 0.4) is 0 Å². The molecule has 0 radical (unpaired) electrons. The second-order valence-corrected chi connectivity index (χ2v) is 15.5. The molecule has 5 N–H and O–H groups in total. The molecule has 1 aromatic carbocycles. The van der Waals surface area contributed by atoms with Gasteiger partial charge in [0.05, 0.1) is 6.10 Å². The van der Waals surface area contributed by atoms with E-state index in [1.165, 1.54) is 50.5 Å². The standard InChI is InChI=1S/C36H56N2O2/c1-22(2)8-7-9-23(3)29-11-12-30-28-10-13-32-35(6,21-31(39)25-18-26(37)20-27(38)19-25)33(40)14-15-36(32,24(28)4)17-16-34(29,30)5/h13,18-20,22-24,28-30,33,40H,7-12,14-17,21,37-38H2,1-6H3. The molecule has 9 unspecified atom stereocenters. The largest absolute Gasteiger partial charge is 0.399 e. The van der Waals surface area contributed by atoms with Crippen molar-refractivity contribution in [1.82, 2.24) is 0 Å². The zero-order chi connectivity index (χ0) is 29.0. The fourth-order valence-electron chi connectivity index (χ4n) is 10.7. The Labute approximate surface area is 243 Å². The molecule has 3 fully saturated rings. The first kappa shape index (κ1) is 29.7. The van der Waals surface area contributed by atoms with E-state index in [9.17, 15) is 9.90 Å². The van der Waals surface area contributed by atoms with E-state index in [-0.39, 0.29) is 11.2 Å². The predicted octanol–water partition coefficient (Wildman–Crippen LogP) is 8.44. The second kappa shape index (κ2) is 10.8. The number of anilines is 2. The van der Waals surface area contributed by atoms with E-state index < -0.39 is 11.5 Å². The SMILES string of the molecule is CC(C)CCCC(C)C1CCC2C3CC=C4C(C)(CC(=O)c5cc(N)cc(N)c5)C(O)CCC4(CCC12C)C3C. The van der Waals surface area contributed by atoms with Gasteiger partial charge < -0.3 is 16.6 Å². The molecule has 4 aliphatic rings. The van der Waals surface area contributed by atoms with Gasteiger partial charge >= 0.3 is 0 Å². The van der Waals surface area contributed by atoms with Gasteiger partial charge in [0.1, 0.15) is 0 Å². The van der Waals surface area contributed by atoms with Gasteiger partial charge in [0.15, 0.2) is 5.78 Å². The average Bonchev–Trinajstić information content (AvgIpc) is 3.20. The Kier molecular flexibility index (Phi) is 8.00. The first-order valence-electron chi connectivity index (χ1n) is 16.4. The van der Waals surface area contributed by atoms with Crippen LogP contribution in [0.2, 0.25) is 0 Å². The number of benzene rings is 1. The highest BCUT2D eigenvalue weighted by Crippen LogP contribution is 2.70. The lowest BCUT2D eigenvalue weighted by atomic mass is 9.47. The number of aliphatic hydroxyl groups is 1. The molecule has 0 amide bonds. The van der Waals surface area contributed by atoms with Crippen LogP contribution in [-0.2, 0) is 0 Å². The maximum Gasteiger partial charge on any atom is 0.163 e. The summed E-state index contributed by atoms with van der Waals surface area (Å²) in [5.41, 5.74) is 15.0. The summed E-state index contributed by atoms with van der Waals surface area (Å²) in [4.78, 5) is 13.7. The molecule has 0 saturated heterocycles. The molecule has 1 aromatic rings. The number of hydrogen-bond acceptors (Lipinski definition) is 4. The van der Waals surface area contributed by atoms with Crippen molar-refractivity contribution >= 4 is 17.2 Å². The van der Waals surface area contributed by atoms with Crippen molar-refractivity contribution in [2.75, 3.05) is 11.5 Å². The number of ketones is 1. The normalized spacial score (nSPS) is 39.7. The number of Topliss-reactive ketones (excluding diaryl/α,β-unsaturated/α-hetero) is 1. The molecule has 40 heavy (non-hydrogen) atoms. The van der Waals surface area contributed by atoms with Crippen LogP contribution in [0.25, 0.3) is 0 Å². The van der Waals surface area contributed by atoms with Crippen molar-refractivity contribution in [1.29, 1.82) is 0 Å². The van der Waals surface area contributed by atoms with Crippen LogP contribution in [-0.4, -0.2) is 17.0 Å². The summed E-state index contributed by atoms with van der Waals surface area (Å²) < 4.78 is 0. The van der Waals surface area contributed by atoms with Crippen LogP contribution in [0.5, 0.6) is 0 Å². The molecular formula is C36H56N2O2. The van der Waals surface area contributed by atoms with Gasteiger partial charge in [0.25, 0.3) is 0 Å². The van der Waals surface area contributed by atoms with Crippen LogP contribution >= 0.6 is 0 Å². The maximum absolute atomic E-state index is 13.7. The monoisotopic (exact) mass is 548 g/mol. The Balaban J connectivity index is 1.43. The van der Waals surface area contributed by atoms with Crippen molar-refractivity contribution in [3.8, 4) is 0 Å². The minimum Gasteiger partial charge on any atom is -0.399 e. The summed E-state index contributed by atoms with van der Waals surface area (Å²) in [6, 6.07) is 5.16. The summed E-state index contributed by atoms with van der Waals surface area (Å²) in [5.74, 6) is 4.49. The Morgan fingerprint density at radius 3 is 2.38 bits per heavy atom. The van der Waals surface area contributed by atoms with E-state index in [4.69, 9.17) is 11.5 Å². The van der Waals surface area contributed by atoms with Gasteiger partial charge in [-0.1, -0.05) is 72.5 Å². The number of fused-ring (bicyclic) bond motifs is 3. The van der Waals surface area contributed by atoms with Gasteiger partial charge in [0, 0.05) is 28.8 Å². The topological polar surface area (TPSA) is 89.3 Å². The van der Waals surface area contributed by atoms with Crippen molar-refractivity contribution in [2.24, 2.45) is 51.8 Å². The van der Waals surface area contributed by atoms with E-state index in [0.29, 0.717) is 40.6 Å². The third-order valence-corrected chi connectivity index (χ3v) is 12.9. The van der Waals surface area contributed by atoms with Crippen molar-refractivity contribution in [3.63, 3.8) is 0 Å². The van der Waals surface area contributed by atoms with Crippen LogP contribution in [0, 0.1) is 51.8 Å². The molecule has 5 rings (SSSR count). The molecule has 4 aliphatic carbocycles. The number of aliphatic hydroxyl groups excluding tert-OH is 1. The lowest BCUT2D eigenvalue weighted by Crippen LogP contribution is -2.52. The van der Waals surface area contributed by atoms with Crippen LogP contribution < -0.4 is 11.5 Å². The smallest absolute Gasteiger partial charge is 0.163 e. The highest BCUT2D eigenvalue weighted by Gasteiger charge is 2.62. The van der Waals surface area contributed by atoms with E-state index in [0.717, 1.165) is 42.9 Å². The van der Waals surface area contributed by atoms with Gasteiger partial charge in [0.2, 0.25) is 0 Å². The first-order valence-corrected chi connectivity index (χ1v) is 16.4. The third-order valence-electron chi connectivity index (χ3n) is 12.9. The van der Waals surface area contributed by atoms with Crippen LogP contribution in [0.15, 0.2) is 29.8 Å². The van der Waals surface area contributed by atoms with E-state index in [2.05, 4.69) is 47.6 Å². The van der Waals surface area contributed by atoms with E-state index >= 15 is 0 Å². The Morgan fingerprint density at radius 2 is 1.70 bits per heavy atom. The highest BCUT2D eigenvalue weighted by molar-refractivity contribution is 5.98. The summed E-state index contributed by atoms with van der Waals surface area (Å²) in [6.45, 7) is 14.6. The zero-order valence-electron chi connectivity index (χ0n) is 26.1. The van der Waals surface area contributed by atoms with Gasteiger partial charge in [-0.05, 0) is 109 Å². The molecular weight excluding hydrogens is 492 g/mol. The number of carbonyl (C=O) groups excluding carboxylic acids is 1. The molecule has 9 atom stereocenters. The molecule has 0 aromatic heterocycles. The lowest BCUT2D eigenvalue weighted by molar-refractivity contribution is -0.0375. The van der Waals surface area contributed by atoms with Crippen molar-refractivity contribution in [3.05, 3.63) is 35.4 Å². The number of carbonyl (C=O) groups is 1. The van der Waals surface area contributed by atoms with Crippen molar-refractivity contribution in [2.45, 2.75) is 118 Å². The van der Waals surface area contributed by atoms with Gasteiger partial charge in [-0.15, -0.1) is 0 Å². The third kappa shape index (κ3) is 4.84. The number of nitrogens with two attached hydrogens (primary N) is 2. The van der Waals surface area contributed by atoms with E-state index in [1.54, 1.807) is 18.2 Å². The van der Waals surface area contributed by atoms with Crippen LogP contribution in [0.1, 0.15) is 123 Å². The molecule has 1 spiro atoms. The Morgan fingerprint density at radius 1 is 1.00 bits per heavy atom. The summed E-state index contributed by atoms with van der Waals surface area (Å²) >= 11 is 0. The molecule has 4 heteroatoms. The number of rotatable bonds is 8. The summed E-state index contributed by atoms with van der Waals surface area (Å²) in [5, 5.41) is 11.5. The quantitative estimate of drug-likeness (QED) is 0.173. The molecule has 2 bridgehead atoms. The number of allylic oxidation sites excluding steroid dienone is 1. The Hall–Kier alpha value is -1.81. The molecule has 222 valence electrons. The molecule has 0 heterocycles. The van der Waals surface area contributed by atoms with Crippen molar-refractivity contribution < 1.29 is 9.90 Å². The van der Waals surface area contributed by atoms with Crippen LogP contribution in [0.4, 0.5) is 11.4 Å². The van der Waals surface area contributed by atoms with Gasteiger partial charge in [-0.3, -0.25) is 4.79 Å². The minimum atomic E-state index is -0.558. The highest BCUT2D eigenvalue weighted by atomic mass is 16.3. The maximum atomic E-state index is 13.7. The number of hydrogen-bond donors (Lipinski definition) is 3. The van der Waals surface area contributed by atoms with E-state index in [1.807, 2.05) is 0 Å². The first-order chi connectivity index (χ1) is 18.8. The fraction of sp³-hybridized carbons (Fsp3) is 0.750. The molecule has 4 nitrogen and oxygen atoms in total. The average molecular weight is 549 g/mol. The zero-order valence-corrected chi connectivity index (χ0v) is 26.1. The molecule has 3 saturated carbocycles. The fourth-order valence-corrected chi connectivity index (χ4v) is 10.7. The number of nitrogen functional groups attached to an aromatic ring is 2. The molecule has 0 aliphatic heterocycles. The minimum absolute atomic E-state index is 0.0287.